The van der Waals surface area contributed by atoms with Crippen LogP contribution in [0.1, 0.15) is 56.6 Å². The van der Waals surface area contributed by atoms with Gasteiger partial charge in [-0.15, -0.1) is 0 Å². The Morgan fingerprint density at radius 1 is 1.29 bits per heavy atom. The first kappa shape index (κ1) is 18.0. The molecule has 1 aromatic heterocycles. The third kappa shape index (κ3) is 4.57. The van der Waals surface area contributed by atoms with E-state index in [4.69, 9.17) is 4.52 Å². The number of guanidine groups is 1. The molecule has 2 aromatic rings. The van der Waals surface area contributed by atoms with Crippen molar-refractivity contribution >= 4 is 5.96 Å². The number of nitrogens with zero attached hydrogens (tertiary/aromatic N) is 3. The fourth-order valence-corrected chi connectivity index (χ4v) is 2.34. The third-order valence-electron chi connectivity index (χ3n) is 3.76. The highest BCUT2D eigenvalue weighted by Crippen LogP contribution is 2.19. The number of hydrogen-bond donors (Lipinski definition) is 2. The Labute approximate surface area is 143 Å². The first-order chi connectivity index (χ1) is 11.3. The molecule has 0 saturated carbocycles. The standard InChI is InChI=1S/C18H27N5O/c1-12-9-7-8-10-14(12)13(2)21-17(19-6)20-11-15-22-16(24-23-15)18(3,4)5/h7-10,13H,11H2,1-6H3,(H2,19,20,21). The van der Waals surface area contributed by atoms with E-state index in [9.17, 15) is 0 Å². The Morgan fingerprint density at radius 2 is 2.00 bits per heavy atom. The van der Waals surface area contributed by atoms with Gasteiger partial charge in [0.2, 0.25) is 5.89 Å². The minimum Gasteiger partial charge on any atom is -0.350 e. The Morgan fingerprint density at radius 3 is 2.58 bits per heavy atom. The van der Waals surface area contributed by atoms with E-state index in [-0.39, 0.29) is 11.5 Å². The van der Waals surface area contributed by atoms with Gasteiger partial charge >= 0.3 is 0 Å². The zero-order valence-electron chi connectivity index (χ0n) is 15.3. The van der Waals surface area contributed by atoms with Crippen LogP contribution in [0.2, 0.25) is 0 Å². The van der Waals surface area contributed by atoms with E-state index in [1.165, 1.54) is 11.1 Å². The van der Waals surface area contributed by atoms with Crippen molar-refractivity contribution < 1.29 is 4.52 Å². The number of nitrogens with one attached hydrogen (secondary N) is 2. The fraction of sp³-hybridized carbons (Fsp3) is 0.500. The number of aryl methyl sites for hydroxylation is 1. The van der Waals surface area contributed by atoms with Gasteiger partial charge in [0.1, 0.15) is 0 Å². The van der Waals surface area contributed by atoms with Crippen molar-refractivity contribution in [1.29, 1.82) is 0 Å². The molecule has 1 aromatic carbocycles. The molecule has 1 atom stereocenters. The molecule has 0 bridgehead atoms. The number of benzene rings is 1. The quantitative estimate of drug-likeness (QED) is 0.666. The van der Waals surface area contributed by atoms with E-state index in [1.807, 2.05) is 32.9 Å². The maximum atomic E-state index is 5.30. The van der Waals surface area contributed by atoms with Crippen LogP contribution in [-0.4, -0.2) is 23.1 Å². The first-order valence-corrected chi connectivity index (χ1v) is 8.17. The molecule has 2 rings (SSSR count). The van der Waals surface area contributed by atoms with Gasteiger partial charge in [0.15, 0.2) is 11.8 Å². The largest absolute Gasteiger partial charge is 0.350 e. The average molecular weight is 329 g/mol. The summed E-state index contributed by atoms with van der Waals surface area (Å²) in [5, 5.41) is 10.6. The predicted octanol–water partition coefficient (Wildman–Crippen LogP) is 3.10. The summed E-state index contributed by atoms with van der Waals surface area (Å²) < 4.78 is 5.30. The smallest absolute Gasteiger partial charge is 0.232 e. The highest BCUT2D eigenvalue weighted by Gasteiger charge is 2.21. The molecule has 24 heavy (non-hydrogen) atoms. The second kappa shape index (κ2) is 7.47. The maximum absolute atomic E-state index is 5.30. The van der Waals surface area contributed by atoms with Gasteiger partial charge in [-0.25, -0.2) is 0 Å². The summed E-state index contributed by atoms with van der Waals surface area (Å²) in [6.07, 6.45) is 0. The van der Waals surface area contributed by atoms with Gasteiger partial charge in [-0.2, -0.15) is 4.98 Å². The molecular weight excluding hydrogens is 302 g/mol. The highest BCUT2D eigenvalue weighted by molar-refractivity contribution is 5.80. The van der Waals surface area contributed by atoms with Gasteiger partial charge in [0.05, 0.1) is 12.6 Å². The van der Waals surface area contributed by atoms with Crippen molar-refractivity contribution in [2.75, 3.05) is 7.05 Å². The number of hydrogen-bond acceptors (Lipinski definition) is 4. The van der Waals surface area contributed by atoms with Crippen LogP contribution in [0.3, 0.4) is 0 Å². The van der Waals surface area contributed by atoms with Gasteiger partial charge < -0.3 is 15.2 Å². The zero-order valence-corrected chi connectivity index (χ0v) is 15.3. The van der Waals surface area contributed by atoms with Gasteiger partial charge in [-0.05, 0) is 25.0 Å². The predicted molar refractivity (Wildman–Crippen MR) is 95.9 cm³/mol. The van der Waals surface area contributed by atoms with Crippen molar-refractivity contribution in [1.82, 2.24) is 20.8 Å². The molecule has 1 heterocycles. The van der Waals surface area contributed by atoms with Crippen LogP contribution in [-0.2, 0) is 12.0 Å². The molecule has 0 amide bonds. The first-order valence-electron chi connectivity index (χ1n) is 8.17. The van der Waals surface area contributed by atoms with Crippen molar-refractivity contribution in [3.05, 3.63) is 47.1 Å². The Balaban J connectivity index is 1.96. The molecule has 130 valence electrons. The van der Waals surface area contributed by atoms with Crippen LogP contribution in [0.15, 0.2) is 33.8 Å². The van der Waals surface area contributed by atoms with Crippen molar-refractivity contribution in [2.45, 2.75) is 52.6 Å². The second-order valence-corrected chi connectivity index (χ2v) is 6.91. The molecule has 2 N–H and O–H groups in total. The lowest BCUT2D eigenvalue weighted by Crippen LogP contribution is -2.38. The van der Waals surface area contributed by atoms with E-state index >= 15 is 0 Å². The van der Waals surface area contributed by atoms with Crippen LogP contribution in [0.5, 0.6) is 0 Å². The second-order valence-electron chi connectivity index (χ2n) is 6.91. The molecule has 0 aliphatic rings. The summed E-state index contributed by atoms with van der Waals surface area (Å²) in [5.74, 6) is 1.95. The van der Waals surface area contributed by atoms with Crippen molar-refractivity contribution in [3.8, 4) is 0 Å². The monoisotopic (exact) mass is 329 g/mol. The van der Waals surface area contributed by atoms with Gasteiger partial charge in [0, 0.05) is 12.5 Å². The lowest BCUT2D eigenvalue weighted by molar-refractivity contribution is 0.318. The summed E-state index contributed by atoms with van der Waals surface area (Å²) in [5.41, 5.74) is 2.35. The van der Waals surface area contributed by atoms with E-state index in [1.54, 1.807) is 7.05 Å². The Bertz CT molecular complexity index is 699. The lowest BCUT2D eigenvalue weighted by Gasteiger charge is -2.19. The molecule has 0 aliphatic heterocycles. The molecule has 0 spiro atoms. The number of aromatic nitrogens is 2. The number of aliphatic imine (C=N–C) groups is 1. The van der Waals surface area contributed by atoms with Gasteiger partial charge in [-0.3, -0.25) is 4.99 Å². The molecular formula is C18H27N5O. The van der Waals surface area contributed by atoms with Crippen LogP contribution in [0.4, 0.5) is 0 Å². The molecule has 0 saturated heterocycles. The normalized spacial score (nSPS) is 13.7. The summed E-state index contributed by atoms with van der Waals surface area (Å²) >= 11 is 0. The summed E-state index contributed by atoms with van der Waals surface area (Å²) in [7, 11) is 1.75. The molecule has 0 fully saturated rings. The van der Waals surface area contributed by atoms with Crippen molar-refractivity contribution in [2.24, 2.45) is 4.99 Å². The minimum atomic E-state index is -0.148. The van der Waals surface area contributed by atoms with E-state index < -0.39 is 0 Å². The molecule has 6 nitrogen and oxygen atoms in total. The van der Waals surface area contributed by atoms with E-state index in [0.717, 1.165) is 0 Å². The molecule has 0 radical (unpaired) electrons. The van der Waals surface area contributed by atoms with Crippen LogP contribution in [0.25, 0.3) is 0 Å². The zero-order chi connectivity index (χ0) is 17.7. The van der Waals surface area contributed by atoms with E-state index in [2.05, 4.69) is 51.7 Å². The molecule has 6 heteroatoms. The fourth-order valence-electron chi connectivity index (χ4n) is 2.34. The summed E-state index contributed by atoms with van der Waals surface area (Å²) in [4.78, 5) is 8.68. The highest BCUT2D eigenvalue weighted by atomic mass is 16.5. The summed E-state index contributed by atoms with van der Waals surface area (Å²) in [6, 6.07) is 8.46. The Kier molecular flexibility index (Phi) is 5.59. The van der Waals surface area contributed by atoms with Crippen LogP contribution in [0, 0.1) is 6.92 Å². The lowest BCUT2D eigenvalue weighted by atomic mass is 9.97. The maximum Gasteiger partial charge on any atom is 0.232 e. The number of rotatable bonds is 4. The van der Waals surface area contributed by atoms with Gasteiger partial charge in [0.25, 0.3) is 0 Å². The molecule has 1 unspecified atom stereocenters. The Hall–Kier alpha value is -2.37. The third-order valence-corrected chi connectivity index (χ3v) is 3.76. The minimum absolute atomic E-state index is 0.146. The van der Waals surface area contributed by atoms with Crippen molar-refractivity contribution in [3.63, 3.8) is 0 Å². The van der Waals surface area contributed by atoms with Crippen LogP contribution < -0.4 is 10.6 Å². The van der Waals surface area contributed by atoms with Gasteiger partial charge in [-0.1, -0.05) is 50.2 Å². The average Bonchev–Trinajstić information content (AvgIpc) is 3.00. The van der Waals surface area contributed by atoms with E-state index in [0.29, 0.717) is 24.2 Å². The molecule has 0 aliphatic carbocycles. The summed E-state index contributed by atoms with van der Waals surface area (Å²) in [6.45, 7) is 10.8. The SMILES string of the molecule is CN=C(NCc1noc(C(C)(C)C)n1)NC(C)c1ccccc1C. The topological polar surface area (TPSA) is 75.3 Å². The van der Waals surface area contributed by atoms with Crippen LogP contribution >= 0.6 is 0 Å².